The molecule has 2 aromatic carbocycles. The maximum absolute atomic E-state index is 13.5. The van der Waals surface area contributed by atoms with Gasteiger partial charge in [0.15, 0.2) is 0 Å². The van der Waals surface area contributed by atoms with Crippen LogP contribution in [0.1, 0.15) is 23.6 Å². The maximum atomic E-state index is 13.5. The summed E-state index contributed by atoms with van der Waals surface area (Å²) in [6, 6.07) is 11.0. The van der Waals surface area contributed by atoms with E-state index in [2.05, 4.69) is 22.0 Å². The van der Waals surface area contributed by atoms with Gasteiger partial charge in [-0.25, -0.2) is 4.39 Å². The summed E-state index contributed by atoms with van der Waals surface area (Å²) in [7, 11) is 0. The van der Waals surface area contributed by atoms with Gasteiger partial charge in [-0.2, -0.15) is 0 Å². The zero-order valence-electron chi connectivity index (χ0n) is 12.2. The molecule has 0 aliphatic heterocycles. The van der Waals surface area contributed by atoms with Crippen LogP contribution in [-0.2, 0) is 13.0 Å². The van der Waals surface area contributed by atoms with E-state index in [1.54, 1.807) is 6.07 Å². The molecule has 2 rings (SSSR count). The Morgan fingerprint density at radius 2 is 2.00 bits per heavy atom. The third kappa shape index (κ3) is 4.29. The second-order valence-electron chi connectivity index (χ2n) is 5.29. The molecule has 0 aromatic heterocycles. The average molecular weight is 352 g/mol. The summed E-state index contributed by atoms with van der Waals surface area (Å²) >= 11 is 3.25. The molecular weight excluding hydrogens is 333 g/mol. The van der Waals surface area contributed by atoms with Gasteiger partial charge in [-0.15, -0.1) is 0 Å². The van der Waals surface area contributed by atoms with Crippen LogP contribution in [0, 0.1) is 12.7 Å². The molecule has 0 bridgehead atoms. The van der Waals surface area contributed by atoms with Gasteiger partial charge in [-0.05, 0) is 53.9 Å². The third-order valence-corrected chi connectivity index (χ3v) is 4.06. The molecule has 0 saturated heterocycles. The maximum Gasteiger partial charge on any atom is 0.137 e. The van der Waals surface area contributed by atoms with Crippen LogP contribution in [0.4, 0.5) is 4.39 Å². The van der Waals surface area contributed by atoms with Gasteiger partial charge in [0.05, 0.1) is 4.47 Å². The van der Waals surface area contributed by atoms with Crippen molar-refractivity contribution in [3.63, 3.8) is 0 Å². The van der Waals surface area contributed by atoms with Crippen LogP contribution in [-0.4, -0.2) is 6.04 Å². The topological polar surface area (TPSA) is 35.2 Å². The Balaban J connectivity index is 2.18. The van der Waals surface area contributed by atoms with Gasteiger partial charge in [0, 0.05) is 11.6 Å². The first-order chi connectivity index (χ1) is 9.97. The van der Waals surface area contributed by atoms with Crippen molar-refractivity contribution in [1.82, 2.24) is 0 Å². The highest BCUT2D eigenvalue weighted by atomic mass is 79.9. The fourth-order valence-corrected chi connectivity index (χ4v) is 2.55. The van der Waals surface area contributed by atoms with Crippen LogP contribution in [0.25, 0.3) is 0 Å². The van der Waals surface area contributed by atoms with E-state index in [-0.39, 0.29) is 11.9 Å². The molecule has 2 N–H and O–H groups in total. The summed E-state index contributed by atoms with van der Waals surface area (Å²) in [6.45, 7) is 4.32. The van der Waals surface area contributed by atoms with Gasteiger partial charge >= 0.3 is 0 Å². The highest BCUT2D eigenvalue weighted by Gasteiger charge is 2.09. The fraction of sp³-hybridized carbons (Fsp3) is 0.294. The molecule has 0 fully saturated rings. The molecule has 0 spiro atoms. The van der Waals surface area contributed by atoms with Crippen LogP contribution in [0.2, 0.25) is 0 Å². The zero-order valence-corrected chi connectivity index (χ0v) is 13.8. The number of benzene rings is 2. The molecule has 4 heteroatoms. The molecule has 0 amide bonds. The minimum atomic E-state index is -0.282. The van der Waals surface area contributed by atoms with Crippen molar-refractivity contribution in [2.45, 2.75) is 32.9 Å². The van der Waals surface area contributed by atoms with Gasteiger partial charge < -0.3 is 10.5 Å². The van der Waals surface area contributed by atoms with Crippen molar-refractivity contribution in [1.29, 1.82) is 0 Å². The van der Waals surface area contributed by atoms with Crippen molar-refractivity contribution in [2.75, 3.05) is 0 Å². The summed E-state index contributed by atoms with van der Waals surface area (Å²) in [5.74, 6) is 0.518. The normalized spacial score (nSPS) is 12.2. The number of aryl methyl sites for hydroxylation is 1. The first-order valence-electron chi connectivity index (χ1n) is 6.88. The van der Waals surface area contributed by atoms with Gasteiger partial charge in [0.25, 0.3) is 0 Å². The van der Waals surface area contributed by atoms with Crippen LogP contribution >= 0.6 is 15.9 Å². The zero-order chi connectivity index (χ0) is 15.4. The highest BCUT2D eigenvalue weighted by Crippen LogP contribution is 2.25. The quantitative estimate of drug-likeness (QED) is 0.868. The Morgan fingerprint density at radius 1 is 1.24 bits per heavy atom. The van der Waals surface area contributed by atoms with Gasteiger partial charge in [-0.3, -0.25) is 0 Å². The summed E-state index contributed by atoms with van der Waals surface area (Å²) in [6.07, 6.45) is 0.751. The Labute approximate surface area is 133 Å². The summed E-state index contributed by atoms with van der Waals surface area (Å²) in [5, 5.41) is 0. The van der Waals surface area contributed by atoms with Crippen LogP contribution in [0.15, 0.2) is 40.9 Å². The van der Waals surface area contributed by atoms with Gasteiger partial charge in [0.1, 0.15) is 18.2 Å². The number of nitrogens with two attached hydrogens (primary N) is 1. The SMILES string of the molecule is Cc1ccc(OCc2cccc(F)c2Br)c(CC(C)N)c1. The van der Waals surface area contributed by atoms with Crippen molar-refractivity contribution >= 4 is 15.9 Å². The number of rotatable bonds is 5. The number of hydrogen-bond donors (Lipinski definition) is 1. The molecule has 0 saturated carbocycles. The minimum absolute atomic E-state index is 0.0649. The van der Waals surface area contributed by atoms with E-state index < -0.39 is 0 Å². The van der Waals surface area contributed by atoms with Crippen molar-refractivity contribution in [3.8, 4) is 5.75 Å². The second kappa shape index (κ2) is 7.05. The number of halogens is 2. The first kappa shape index (κ1) is 16.0. The molecule has 112 valence electrons. The van der Waals surface area contributed by atoms with Crippen LogP contribution in [0.5, 0.6) is 5.75 Å². The molecule has 1 atom stereocenters. The lowest BCUT2D eigenvalue weighted by molar-refractivity contribution is 0.301. The van der Waals surface area contributed by atoms with E-state index in [9.17, 15) is 4.39 Å². The van der Waals surface area contributed by atoms with E-state index in [0.29, 0.717) is 11.1 Å². The predicted molar refractivity (Wildman–Crippen MR) is 87.0 cm³/mol. The predicted octanol–water partition coefficient (Wildman–Crippen LogP) is 4.37. The molecule has 21 heavy (non-hydrogen) atoms. The second-order valence-corrected chi connectivity index (χ2v) is 6.09. The van der Waals surface area contributed by atoms with Crippen molar-refractivity contribution in [3.05, 3.63) is 63.4 Å². The van der Waals surface area contributed by atoms with E-state index in [1.165, 1.54) is 11.6 Å². The molecule has 1 unspecified atom stereocenters. The molecular formula is C17H19BrFNO. The summed E-state index contributed by atoms with van der Waals surface area (Å²) in [5.41, 5.74) is 8.91. The van der Waals surface area contributed by atoms with E-state index >= 15 is 0 Å². The summed E-state index contributed by atoms with van der Waals surface area (Å²) < 4.78 is 19.8. The Bertz CT molecular complexity index is 628. The lowest BCUT2D eigenvalue weighted by Crippen LogP contribution is -2.18. The minimum Gasteiger partial charge on any atom is -0.489 e. The summed E-state index contributed by atoms with van der Waals surface area (Å²) in [4.78, 5) is 0. The average Bonchev–Trinajstić information content (AvgIpc) is 2.41. The van der Waals surface area contributed by atoms with Crippen LogP contribution < -0.4 is 10.5 Å². The Kier molecular flexibility index (Phi) is 5.37. The number of hydrogen-bond acceptors (Lipinski definition) is 2. The highest BCUT2D eigenvalue weighted by molar-refractivity contribution is 9.10. The van der Waals surface area contributed by atoms with Gasteiger partial charge in [-0.1, -0.05) is 29.8 Å². The molecule has 0 heterocycles. The van der Waals surface area contributed by atoms with E-state index in [1.807, 2.05) is 32.0 Å². The monoisotopic (exact) mass is 351 g/mol. The largest absolute Gasteiger partial charge is 0.489 e. The standard InChI is InChI=1S/C17H19BrFNO/c1-11-6-7-16(14(8-11)9-12(2)20)21-10-13-4-3-5-15(19)17(13)18/h3-8,12H,9-10,20H2,1-2H3. The van der Waals surface area contributed by atoms with Crippen molar-refractivity contribution < 1.29 is 9.13 Å². The molecule has 0 aliphatic carbocycles. The van der Waals surface area contributed by atoms with E-state index in [0.717, 1.165) is 23.3 Å². The Morgan fingerprint density at radius 3 is 2.71 bits per heavy atom. The fourth-order valence-electron chi connectivity index (χ4n) is 2.17. The first-order valence-corrected chi connectivity index (χ1v) is 7.67. The van der Waals surface area contributed by atoms with Gasteiger partial charge in [0.2, 0.25) is 0 Å². The Hall–Kier alpha value is -1.39. The van der Waals surface area contributed by atoms with Crippen LogP contribution in [0.3, 0.4) is 0 Å². The molecule has 0 radical (unpaired) electrons. The molecule has 2 nitrogen and oxygen atoms in total. The lowest BCUT2D eigenvalue weighted by Gasteiger charge is -2.14. The molecule has 2 aromatic rings. The van der Waals surface area contributed by atoms with Crippen molar-refractivity contribution in [2.24, 2.45) is 5.73 Å². The molecule has 0 aliphatic rings. The third-order valence-electron chi connectivity index (χ3n) is 3.17. The lowest BCUT2D eigenvalue weighted by atomic mass is 10.0. The van der Waals surface area contributed by atoms with E-state index in [4.69, 9.17) is 10.5 Å². The smallest absolute Gasteiger partial charge is 0.137 e. The number of ether oxygens (including phenoxy) is 1.